The first kappa shape index (κ1) is 17.3. The van der Waals surface area contributed by atoms with Gasteiger partial charge in [0.15, 0.2) is 5.13 Å². The molecular weight excluding hydrogens is 344 g/mol. The number of carbonyl (C=O) groups excluding carboxylic acids is 1. The second kappa shape index (κ2) is 8.04. The number of thiazole rings is 1. The Balaban J connectivity index is 1.61. The highest BCUT2D eigenvalue weighted by molar-refractivity contribution is 7.98. The minimum Gasteiger partial charge on any atom is -0.383 e. The first-order valence-electron chi connectivity index (χ1n) is 7.93. The molecule has 0 radical (unpaired) electrons. The number of aromatic nitrogens is 1. The van der Waals surface area contributed by atoms with Crippen molar-refractivity contribution in [1.82, 2.24) is 15.2 Å². The summed E-state index contributed by atoms with van der Waals surface area (Å²) in [6, 6.07) is 6.30. The van der Waals surface area contributed by atoms with Crippen molar-refractivity contribution < 1.29 is 9.53 Å². The van der Waals surface area contributed by atoms with Gasteiger partial charge in [-0.3, -0.25) is 0 Å². The molecule has 0 bridgehead atoms. The number of para-hydroxylation sites is 1. The molecule has 0 spiro atoms. The molecule has 0 atom stereocenters. The summed E-state index contributed by atoms with van der Waals surface area (Å²) in [6.07, 6.45) is 2.08. The number of ether oxygens (including phenoxy) is 1. The van der Waals surface area contributed by atoms with Crippen LogP contribution in [0.25, 0.3) is 10.2 Å². The number of anilines is 1. The van der Waals surface area contributed by atoms with E-state index < -0.39 is 0 Å². The number of thioether (sulfide) groups is 1. The molecular formula is C16H22N4O2S2. The molecule has 1 aromatic heterocycles. The summed E-state index contributed by atoms with van der Waals surface area (Å²) >= 11 is 3.45. The number of rotatable bonds is 5. The van der Waals surface area contributed by atoms with Crippen LogP contribution in [0.3, 0.4) is 0 Å². The van der Waals surface area contributed by atoms with E-state index in [0.29, 0.717) is 26.2 Å². The van der Waals surface area contributed by atoms with E-state index >= 15 is 0 Å². The van der Waals surface area contributed by atoms with Gasteiger partial charge in [-0.05, 0) is 18.4 Å². The van der Waals surface area contributed by atoms with Gasteiger partial charge in [-0.25, -0.2) is 9.78 Å². The van der Waals surface area contributed by atoms with Crippen LogP contribution in [0.15, 0.2) is 23.1 Å². The molecule has 2 aromatic rings. The zero-order valence-electron chi connectivity index (χ0n) is 13.9. The van der Waals surface area contributed by atoms with Crippen LogP contribution in [-0.4, -0.2) is 68.6 Å². The molecule has 24 heavy (non-hydrogen) atoms. The Kier molecular flexibility index (Phi) is 5.80. The van der Waals surface area contributed by atoms with E-state index in [1.165, 1.54) is 9.60 Å². The molecule has 1 fully saturated rings. The summed E-state index contributed by atoms with van der Waals surface area (Å²) in [7, 11) is 1.63. The van der Waals surface area contributed by atoms with E-state index in [9.17, 15) is 4.79 Å². The predicted octanol–water partition coefficient (Wildman–Crippen LogP) is 2.50. The van der Waals surface area contributed by atoms with Gasteiger partial charge < -0.3 is 19.9 Å². The summed E-state index contributed by atoms with van der Waals surface area (Å²) in [6.45, 7) is 4.13. The molecule has 0 unspecified atom stereocenters. The SMILES string of the molecule is COCCNC(=O)N1CCN(c2nc3c(SC)cccc3s2)CC1. The molecule has 130 valence electrons. The van der Waals surface area contributed by atoms with Gasteiger partial charge in [0.25, 0.3) is 0 Å². The monoisotopic (exact) mass is 366 g/mol. The molecule has 1 aliphatic heterocycles. The molecule has 1 aliphatic rings. The van der Waals surface area contributed by atoms with E-state index in [-0.39, 0.29) is 6.03 Å². The first-order valence-corrected chi connectivity index (χ1v) is 9.97. The maximum atomic E-state index is 12.1. The number of urea groups is 1. The van der Waals surface area contributed by atoms with Gasteiger partial charge in [-0.2, -0.15) is 0 Å². The lowest BCUT2D eigenvalue weighted by atomic mass is 10.3. The number of piperazine rings is 1. The van der Waals surface area contributed by atoms with Crippen molar-refractivity contribution in [2.75, 3.05) is 57.6 Å². The van der Waals surface area contributed by atoms with E-state index in [1.54, 1.807) is 30.2 Å². The van der Waals surface area contributed by atoms with Crippen LogP contribution in [0.1, 0.15) is 0 Å². The van der Waals surface area contributed by atoms with Crippen LogP contribution >= 0.6 is 23.1 Å². The van der Waals surface area contributed by atoms with Crippen LogP contribution in [0, 0.1) is 0 Å². The van der Waals surface area contributed by atoms with Gasteiger partial charge in [-0.15, -0.1) is 11.8 Å². The van der Waals surface area contributed by atoms with E-state index in [0.717, 1.165) is 23.7 Å². The summed E-state index contributed by atoms with van der Waals surface area (Å²) in [5, 5.41) is 3.92. The molecule has 2 heterocycles. The van der Waals surface area contributed by atoms with Crippen molar-refractivity contribution >= 4 is 44.5 Å². The molecule has 0 aliphatic carbocycles. The van der Waals surface area contributed by atoms with Crippen molar-refractivity contribution in [2.45, 2.75) is 4.90 Å². The van der Waals surface area contributed by atoms with Crippen molar-refractivity contribution in [1.29, 1.82) is 0 Å². The first-order chi connectivity index (χ1) is 11.7. The normalized spacial score (nSPS) is 15.1. The fourth-order valence-electron chi connectivity index (χ4n) is 2.68. The van der Waals surface area contributed by atoms with Crippen molar-refractivity contribution in [2.24, 2.45) is 0 Å². The number of fused-ring (bicyclic) bond motifs is 1. The summed E-state index contributed by atoms with van der Waals surface area (Å²) in [4.78, 5) is 22.2. The van der Waals surface area contributed by atoms with E-state index in [4.69, 9.17) is 9.72 Å². The average Bonchev–Trinajstić information content (AvgIpc) is 3.06. The van der Waals surface area contributed by atoms with Gasteiger partial charge in [-0.1, -0.05) is 17.4 Å². The molecule has 0 saturated carbocycles. The summed E-state index contributed by atoms with van der Waals surface area (Å²) in [5.41, 5.74) is 1.09. The van der Waals surface area contributed by atoms with Crippen LogP contribution in [0.5, 0.6) is 0 Å². The number of methoxy groups -OCH3 is 1. The quantitative estimate of drug-likeness (QED) is 0.651. The Morgan fingerprint density at radius 1 is 1.38 bits per heavy atom. The number of hydrogen-bond donors (Lipinski definition) is 1. The molecule has 6 nitrogen and oxygen atoms in total. The maximum absolute atomic E-state index is 12.1. The van der Waals surface area contributed by atoms with Crippen LogP contribution < -0.4 is 10.2 Å². The van der Waals surface area contributed by atoms with Crippen LogP contribution in [0.4, 0.5) is 9.93 Å². The molecule has 2 amide bonds. The molecule has 1 aromatic carbocycles. The lowest BCUT2D eigenvalue weighted by Crippen LogP contribution is -2.52. The van der Waals surface area contributed by atoms with E-state index in [2.05, 4.69) is 34.7 Å². The minimum absolute atomic E-state index is 0.0133. The smallest absolute Gasteiger partial charge is 0.317 e. The van der Waals surface area contributed by atoms with Gasteiger partial charge >= 0.3 is 6.03 Å². The van der Waals surface area contributed by atoms with Gasteiger partial charge in [0.1, 0.15) is 0 Å². The lowest BCUT2D eigenvalue weighted by Gasteiger charge is -2.34. The third-order valence-corrected chi connectivity index (χ3v) is 5.86. The molecule has 1 N–H and O–H groups in total. The highest BCUT2D eigenvalue weighted by Crippen LogP contribution is 2.34. The van der Waals surface area contributed by atoms with Gasteiger partial charge in [0, 0.05) is 44.7 Å². The standard InChI is InChI=1S/C16H22N4O2S2/c1-22-11-6-17-15(21)19-7-9-20(10-8-19)16-18-14-12(23-2)4-3-5-13(14)24-16/h3-5H,6-11H2,1-2H3,(H,17,21). The molecule has 3 rings (SSSR count). The molecule has 8 heteroatoms. The number of benzene rings is 1. The fraction of sp³-hybridized carbons (Fsp3) is 0.500. The Morgan fingerprint density at radius 3 is 2.88 bits per heavy atom. The second-order valence-corrected chi connectivity index (χ2v) is 7.36. The predicted molar refractivity (Wildman–Crippen MR) is 100 cm³/mol. The number of nitrogens with zero attached hydrogens (tertiary/aromatic N) is 3. The van der Waals surface area contributed by atoms with Crippen molar-refractivity contribution in [3.63, 3.8) is 0 Å². The number of hydrogen-bond acceptors (Lipinski definition) is 6. The zero-order chi connectivity index (χ0) is 16.9. The van der Waals surface area contributed by atoms with Crippen LogP contribution in [-0.2, 0) is 4.74 Å². The third-order valence-electron chi connectivity index (χ3n) is 4.01. The number of amides is 2. The second-order valence-electron chi connectivity index (χ2n) is 5.50. The van der Waals surface area contributed by atoms with Crippen molar-refractivity contribution in [3.8, 4) is 0 Å². The third kappa shape index (κ3) is 3.76. The highest BCUT2D eigenvalue weighted by atomic mass is 32.2. The average molecular weight is 367 g/mol. The molecule has 1 saturated heterocycles. The van der Waals surface area contributed by atoms with Gasteiger partial charge in [0.05, 0.1) is 16.8 Å². The lowest BCUT2D eigenvalue weighted by molar-refractivity contribution is 0.177. The minimum atomic E-state index is -0.0133. The summed E-state index contributed by atoms with van der Waals surface area (Å²) in [5.74, 6) is 0. The fourth-order valence-corrected chi connectivity index (χ4v) is 4.36. The summed E-state index contributed by atoms with van der Waals surface area (Å²) < 4.78 is 6.17. The number of carbonyl (C=O) groups is 1. The topological polar surface area (TPSA) is 57.7 Å². The zero-order valence-corrected chi connectivity index (χ0v) is 15.6. The Labute approximate surface area is 150 Å². The van der Waals surface area contributed by atoms with Gasteiger partial charge in [0.2, 0.25) is 0 Å². The highest BCUT2D eigenvalue weighted by Gasteiger charge is 2.23. The van der Waals surface area contributed by atoms with E-state index in [1.807, 2.05) is 4.90 Å². The maximum Gasteiger partial charge on any atom is 0.317 e. The Bertz CT molecular complexity index is 698. The Hall–Kier alpha value is -1.51. The number of nitrogens with one attached hydrogen (secondary N) is 1. The largest absolute Gasteiger partial charge is 0.383 e. The van der Waals surface area contributed by atoms with Crippen LogP contribution in [0.2, 0.25) is 0 Å². The Morgan fingerprint density at radius 2 is 2.17 bits per heavy atom. The van der Waals surface area contributed by atoms with Crippen molar-refractivity contribution in [3.05, 3.63) is 18.2 Å².